The van der Waals surface area contributed by atoms with Crippen LogP contribution < -0.4 is 0 Å². The highest BCUT2D eigenvalue weighted by Crippen LogP contribution is 2.35. The standard InChI is InChI=1S/C24H21ClN4O3S/c1-15-23(16(2)32-28-15)33(30,31)29-13-12-21-20(14-29)22(17-6-4-3-5-7-17)27-24(26-21)18-8-10-19(25)11-9-18/h3-11H,12-14H2,1-2H3. The minimum Gasteiger partial charge on any atom is -0.593 e. The molecule has 4 aromatic rings. The van der Waals surface area contributed by atoms with E-state index in [2.05, 4.69) is 5.16 Å². The molecule has 0 aliphatic carbocycles. The molecule has 1 unspecified atom stereocenters. The zero-order valence-electron chi connectivity index (χ0n) is 18.1. The number of hydrogen-bond donors (Lipinski definition) is 0. The largest absolute Gasteiger partial charge is 0.593 e. The van der Waals surface area contributed by atoms with Crippen molar-refractivity contribution in [1.29, 1.82) is 0 Å². The third-order valence-electron chi connectivity index (χ3n) is 5.74. The Kier molecular flexibility index (Phi) is 5.62. The van der Waals surface area contributed by atoms with Crippen molar-refractivity contribution >= 4 is 22.0 Å². The monoisotopic (exact) mass is 480 g/mol. The van der Waals surface area contributed by atoms with Gasteiger partial charge in [0, 0.05) is 35.1 Å². The van der Waals surface area contributed by atoms with E-state index >= 15 is 0 Å². The van der Waals surface area contributed by atoms with Crippen molar-refractivity contribution < 1.29 is 13.3 Å². The predicted molar refractivity (Wildman–Crippen MR) is 125 cm³/mol. The fraction of sp³-hybridized carbons (Fsp3) is 0.208. The van der Waals surface area contributed by atoms with Crippen LogP contribution in [0.4, 0.5) is 0 Å². The molecular formula is C24H21ClN4O3S. The average Bonchev–Trinajstić information content (AvgIpc) is 3.17. The number of aromatic nitrogens is 3. The summed E-state index contributed by atoms with van der Waals surface area (Å²) in [7, 11) is -3.78. The summed E-state index contributed by atoms with van der Waals surface area (Å²) in [5, 5.41) is 4.46. The van der Waals surface area contributed by atoms with Gasteiger partial charge >= 0.3 is 0 Å². The van der Waals surface area contributed by atoms with Gasteiger partial charge in [-0.25, -0.2) is 9.97 Å². The number of benzene rings is 2. The van der Waals surface area contributed by atoms with Gasteiger partial charge in [0.1, 0.15) is 5.69 Å². The maximum absolute atomic E-state index is 13.4. The van der Waals surface area contributed by atoms with Gasteiger partial charge in [0.05, 0.1) is 24.5 Å². The van der Waals surface area contributed by atoms with E-state index in [4.69, 9.17) is 26.1 Å². The van der Waals surface area contributed by atoms with E-state index < -0.39 is 10.4 Å². The zero-order valence-corrected chi connectivity index (χ0v) is 19.7. The summed E-state index contributed by atoms with van der Waals surface area (Å²) < 4.78 is 33.5. The molecule has 7 nitrogen and oxygen atoms in total. The highest BCUT2D eigenvalue weighted by Gasteiger charge is 2.39. The quantitative estimate of drug-likeness (QED) is 0.380. The first kappa shape index (κ1) is 21.9. The van der Waals surface area contributed by atoms with Gasteiger partial charge in [-0.15, -0.1) is 4.31 Å². The van der Waals surface area contributed by atoms with Gasteiger partial charge < -0.3 is 9.08 Å². The summed E-state index contributed by atoms with van der Waals surface area (Å²) in [6, 6.07) is 17.1. The third-order valence-corrected chi connectivity index (χ3v) is 8.08. The Labute approximate surface area is 197 Å². The lowest BCUT2D eigenvalue weighted by Gasteiger charge is -2.31. The molecule has 0 N–H and O–H groups in total. The first-order valence-electron chi connectivity index (χ1n) is 10.5. The highest BCUT2D eigenvalue weighted by atomic mass is 35.5. The molecular weight excluding hydrogens is 460 g/mol. The Morgan fingerprint density at radius 1 is 1.03 bits per heavy atom. The molecule has 0 amide bonds. The zero-order chi connectivity index (χ0) is 23.2. The molecule has 1 aliphatic rings. The van der Waals surface area contributed by atoms with Crippen molar-refractivity contribution in [1.82, 2.24) is 19.4 Å². The van der Waals surface area contributed by atoms with Crippen molar-refractivity contribution in [2.75, 3.05) is 6.54 Å². The Morgan fingerprint density at radius 3 is 2.42 bits per heavy atom. The summed E-state index contributed by atoms with van der Waals surface area (Å²) in [4.78, 5) is 9.80. The van der Waals surface area contributed by atoms with Crippen molar-refractivity contribution in [3.63, 3.8) is 0 Å². The van der Waals surface area contributed by atoms with Gasteiger partial charge in [-0.3, -0.25) is 0 Å². The van der Waals surface area contributed by atoms with Gasteiger partial charge in [0.15, 0.2) is 22.0 Å². The first-order valence-corrected chi connectivity index (χ1v) is 12.3. The van der Waals surface area contributed by atoms with Crippen molar-refractivity contribution in [3.8, 4) is 22.6 Å². The van der Waals surface area contributed by atoms with Crippen LogP contribution in [0.5, 0.6) is 0 Å². The molecule has 2 aromatic heterocycles. The lowest BCUT2D eigenvalue weighted by molar-refractivity contribution is 0.335. The van der Waals surface area contributed by atoms with E-state index in [0.717, 1.165) is 28.1 Å². The van der Waals surface area contributed by atoms with Crippen LogP contribution in [0.2, 0.25) is 5.02 Å². The maximum atomic E-state index is 13.4. The van der Waals surface area contributed by atoms with Crippen LogP contribution >= 0.6 is 11.6 Å². The van der Waals surface area contributed by atoms with Crippen molar-refractivity contribution in [2.45, 2.75) is 31.7 Å². The molecule has 0 saturated heterocycles. The van der Waals surface area contributed by atoms with Crippen LogP contribution in [0.25, 0.3) is 22.6 Å². The molecule has 0 bridgehead atoms. The van der Waals surface area contributed by atoms with Crippen LogP contribution in [0.15, 0.2) is 64.0 Å². The molecule has 0 saturated carbocycles. The summed E-state index contributed by atoms with van der Waals surface area (Å²) in [5.74, 6) is 0.877. The summed E-state index contributed by atoms with van der Waals surface area (Å²) in [5.41, 5.74) is 4.49. The van der Waals surface area contributed by atoms with E-state index in [0.29, 0.717) is 29.5 Å². The minimum atomic E-state index is -3.78. The van der Waals surface area contributed by atoms with E-state index in [9.17, 15) is 8.76 Å². The number of aryl methyl sites for hydroxylation is 2. The van der Waals surface area contributed by atoms with Crippen molar-refractivity contribution in [2.24, 2.45) is 0 Å². The molecule has 0 spiro atoms. The van der Waals surface area contributed by atoms with Crippen LogP contribution in [-0.4, -0.2) is 30.5 Å². The minimum absolute atomic E-state index is 0.130. The second kappa shape index (κ2) is 8.46. The molecule has 33 heavy (non-hydrogen) atoms. The van der Waals surface area contributed by atoms with Crippen LogP contribution in [0.3, 0.4) is 0 Å². The highest BCUT2D eigenvalue weighted by molar-refractivity contribution is 7.95. The van der Waals surface area contributed by atoms with Gasteiger partial charge in [-0.05, 0) is 31.2 Å². The topological polar surface area (TPSA) is 95.2 Å². The summed E-state index contributed by atoms with van der Waals surface area (Å²) in [6.45, 7) is 3.73. The van der Waals surface area contributed by atoms with Crippen LogP contribution in [-0.2, 0) is 27.6 Å². The Hall–Kier alpha value is -2.91. The summed E-state index contributed by atoms with van der Waals surface area (Å²) >= 11 is 6.05. The number of hydrogen-bond acceptors (Lipinski definition) is 6. The first-order chi connectivity index (χ1) is 15.8. The smallest absolute Gasteiger partial charge is 0.240 e. The van der Waals surface area contributed by atoms with Gasteiger partial charge in [0.2, 0.25) is 4.90 Å². The molecule has 168 valence electrons. The SMILES string of the molecule is Cc1noc(C)c1[S+](=O)([O-])N1CCc2nc(-c3ccc(Cl)cc3)nc(-c3ccccc3)c2C1. The normalized spacial score (nSPS) is 15.8. The molecule has 9 heteroatoms. The van der Waals surface area contributed by atoms with Gasteiger partial charge in [-0.2, -0.15) is 0 Å². The van der Waals surface area contributed by atoms with Gasteiger partial charge in [0.25, 0.3) is 0 Å². The molecule has 3 heterocycles. The van der Waals surface area contributed by atoms with Gasteiger partial charge in [-0.1, -0.05) is 51.3 Å². The lowest BCUT2D eigenvalue weighted by atomic mass is 9.99. The van der Waals surface area contributed by atoms with E-state index in [-0.39, 0.29) is 17.2 Å². The molecule has 0 fully saturated rings. The van der Waals surface area contributed by atoms with E-state index in [1.165, 1.54) is 4.31 Å². The van der Waals surface area contributed by atoms with E-state index in [1.807, 2.05) is 42.5 Å². The average molecular weight is 481 g/mol. The molecule has 2 aromatic carbocycles. The van der Waals surface area contributed by atoms with Crippen molar-refractivity contribution in [3.05, 3.63) is 82.3 Å². The summed E-state index contributed by atoms with van der Waals surface area (Å²) in [6.07, 6.45) is 0.473. The molecule has 5 rings (SSSR count). The Bertz CT molecular complexity index is 1350. The number of halogens is 1. The van der Waals surface area contributed by atoms with Crippen LogP contribution in [0, 0.1) is 13.8 Å². The molecule has 1 atom stereocenters. The number of rotatable bonds is 4. The molecule has 0 radical (unpaired) electrons. The third kappa shape index (κ3) is 4.00. The second-order valence-corrected chi connectivity index (χ2v) is 10.2. The van der Waals surface area contributed by atoms with Crippen LogP contribution in [0.1, 0.15) is 22.7 Å². The number of nitrogens with zero attached hydrogens (tertiary/aromatic N) is 4. The Morgan fingerprint density at radius 2 is 1.76 bits per heavy atom. The second-order valence-electron chi connectivity index (χ2n) is 7.94. The number of fused-ring (bicyclic) bond motifs is 1. The number of sulfonamides is 1. The molecule has 1 aliphatic heterocycles. The fourth-order valence-electron chi connectivity index (χ4n) is 4.13. The predicted octanol–water partition coefficient (Wildman–Crippen LogP) is 5.03. The lowest BCUT2D eigenvalue weighted by Crippen LogP contribution is -2.41. The Balaban J connectivity index is 1.62. The van der Waals surface area contributed by atoms with E-state index in [1.54, 1.807) is 26.0 Å². The maximum Gasteiger partial charge on any atom is 0.240 e. The fourth-order valence-corrected chi connectivity index (χ4v) is 5.96.